The molecule has 0 unspecified atom stereocenters. The number of carbonyl (C=O) groups is 1. The summed E-state index contributed by atoms with van der Waals surface area (Å²) in [5.74, 6) is -0.0926. The summed E-state index contributed by atoms with van der Waals surface area (Å²) in [6.07, 6.45) is 4.68. The molecule has 0 spiro atoms. The fourth-order valence-electron chi connectivity index (χ4n) is 0.250. The van der Waals surface area contributed by atoms with Gasteiger partial charge in [-0.1, -0.05) is 34.1 Å². The monoisotopic (exact) mass is 245 g/mol. The minimum Gasteiger partial charge on any atom is -0.407 e. The number of unbranched alkanes of at least 4 members (excludes halogenated alkanes) is 2. The second-order valence-electron chi connectivity index (χ2n) is 1.98. The van der Waals surface area contributed by atoms with Gasteiger partial charge in [-0.2, -0.15) is 6.42 Å². The fourth-order valence-corrected chi connectivity index (χ4v) is 0.250. The molecule has 0 aromatic heterocycles. The van der Waals surface area contributed by atoms with Gasteiger partial charge in [-0.15, -0.1) is 0 Å². The molecule has 0 aliphatic rings. The van der Waals surface area contributed by atoms with E-state index >= 15 is 0 Å². The van der Waals surface area contributed by atoms with Crippen LogP contribution in [0.5, 0.6) is 0 Å². The van der Waals surface area contributed by atoms with Crippen LogP contribution in [0.2, 0.25) is 0 Å². The van der Waals surface area contributed by atoms with Gasteiger partial charge in [-0.05, 0) is 5.78 Å². The standard InChI is InChI=1S/C5H11.C4H5O.CH4.Y/c1-3-5-4-2;1-3-4(2)5;;/h1,3-5H2,2H3;1,3H,2H3;1H4;/q2*-1;;. The number of hydrogen-bond donors (Lipinski definition) is 0. The van der Waals surface area contributed by atoms with Gasteiger partial charge >= 0.3 is 0 Å². The third-order valence-corrected chi connectivity index (χ3v) is 0.838. The van der Waals surface area contributed by atoms with Crippen LogP contribution in [0.25, 0.3) is 0 Å². The van der Waals surface area contributed by atoms with Crippen LogP contribution in [-0.4, -0.2) is 5.78 Å². The van der Waals surface area contributed by atoms with Crippen LogP contribution in [0.1, 0.15) is 40.5 Å². The van der Waals surface area contributed by atoms with Crippen molar-refractivity contribution in [1.82, 2.24) is 0 Å². The molecule has 0 saturated heterocycles. The Balaban J connectivity index is -0.0000000457. The molecule has 0 heterocycles. The smallest absolute Gasteiger partial charge is 0 e. The summed E-state index contributed by atoms with van der Waals surface area (Å²) >= 11 is 0. The van der Waals surface area contributed by atoms with E-state index in [1.165, 1.54) is 19.8 Å². The predicted molar refractivity (Wildman–Crippen MR) is 51.2 cm³/mol. The number of ketones is 1. The zero-order valence-corrected chi connectivity index (χ0v) is 10.3. The van der Waals surface area contributed by atoms with Crippen LogP contribution >= 0.6 is 0 Å². The van der Waals surface area contributed by atoms with Gasteiger partial charge in [0.2, 0.25) is 0 Å². The van der Waals surface area contributed by atoms with E-state index in [1.54, 1.807) is 0 Å². The van der Waals surface area contributed by atoms with Gasteiger partial charge in [0.25, 0.3) is 0 Å². The van der Waals surface area contributed by atoms with Crippen LogP contribution in [0.15, 0.2) is 6.08 Å². The Morgan fingerprint density at radius 3 is 1.92 bits per heavy atom. The van der Waals surface area contributed by atoms with Gasteiger partial charge < -0.3 is 11.7 Å². The Labute approximate surface area is 103 Å². The van der Waals surface area contributed by atoms with Gasteiger partial charge in [0.1, 0.15) is 0 Å². The molecule has 0 atom stereocenters. The maximum absolute atomic E-state index is 9.63. The molecule has 0 amide bonds. The zero-order valence-electron chi connectivity index (χ0n) is 7.47. The summed E-state index contributed by atoms with van der Waals surface area (Å²) in [5, 5.41) is 0. The number of rotatable bonds is 3. The maximum atomic E-state index is 9.63. The minimum absolute atomic E-state index is 0. The van der Waals surface area contributed by atoms with Gasteiger partial charge in [0, 0.05) is 32.7 Å². The molecule has 0 fully saturated rings. The first kappa shape index (κ1) is 22.9. The molecule has 0 bridgehead atoms. The SMILES string of the molecule is C.[CH-]=CC(C)=O.[CH2-]CCCC.[Y]. The largest absolute Gasteiger partial charge is 0.407 e. The molecule has 1 nitrogen and oxygen atoms in total. The molecule has 0 aromatic carbocycles. The molecule has 71 valence electrons. The molecule has 0 aliphatic carbocycles. The third-order valence-electron chi connectivity index (χ3n) is 0.838. The van der Waals surface area contributed by atoms with E-state index in [0.717, 1.165) is 12.5 Å². The molecule has 2 heteroatoms. The molecule has 0 rings (SSSR count). The summed E-state index contributed by atoms with van der Waals surface area (Å²) in [7, 11) is 0. The number of allylic oxidation sites excluding steroid dienone is 1. The molecule has 0 aliphatic heterocycles. The van der Waals surface area contributed by atoms with Gasteiger partial charge in [0.15, 0.2) is 0 Å². The van der Waals surface area contributed by atoms with E-state index in [-0.39, 0.29) is 45.9 Å². The van der Waals surface area contributed by atoms with Crippen molar-refractivity contribution in [3.05, 3.63) is 19.6 Å². The first-order chi connectivity index (χ1) is 4.68. The zero-order chi connectivity index (χ0) is 8.41. The van der Waals surface area contributed by atoms with E-state index < -0.39 is 0 Å². The average molecular weight is 245 g/mol. The Hall–Kier alpha value is 0.514. The van der Waals surface area contributed by atoms with Crippen molar-refractivity contribution in [2.45, 2.75) is 40.5 Å². The van der Waals surface area contributed by atoms with Gasteiger partial charge in [-0.3, -0.25) is 6.58 Å². The van der Waals surface area contributed by atoms with Crippen molar-refractivity contribution in [1.29, 1.82) is 0 Å². The molecule has 0 N–H and O–H groups in total. The topological polar surface area (TPSA) is 17.1 Å². The van der Waals surface area contributed by atoms with E-state index in [2.05, 4.69) is 13.8 Å². The Kier molecular flexibility index (Phi) is 43.0. The van der Waals surface area contributed by atoms with E-state index in [1.807, 2.05) is 0 Å². The predicted octanol–water partition coefficient (Wildman–Crippen LogP) is 3.21. The molecule has 0 aromatic rings. The van der Waals surface area contributed by atoms with E-state index in [9.17, 15) is 4.79 Å². The van der Waals surface area contributed by atoms with Crippen molar-refractivity contribution in [2.75, 3.05) is 0 Å². The van der Waals surface area contributed by atoms with Crippen molar-refractivity contribution < 1.29 is 37.5 Å². The van der Waals surface area contributed by atoms with Crippen LogP contribution in [0.3, 0.4) is 0 Å². The number of carbonyl (C=O) groups excluding carboxylic acids is 1. The first-order valence-electron chi connectivity index (χ1n) is 3.53. The molecular formula is C10H20OY-2. The number of hydrogen-bond acceptors (Lipinski definition) is 1. The van der Waals surface area contributed by atoms with E-state index in [4.69, 9.17) is 6.58 Å². The van der Waals surface area contributed by atoms with Crippen LogP contribution < -0.4 is 0 Å². The van der Waals surface area contributed by atoms with Crippen molar-refractivity contribution in [3.8, 4) is 0 Å². The van der Waals surface area contributed by atoms with Gasteiger partial charge in [-0.25, -0.2) is 6.08 Å². The molecule has 0 saturated carbocycles. The Morgan fingerprint density at radius 2 is 1.92 bits per heavy atom. The summed E-state index contributed by atoms with van der Waals surface area (Å²) in [6.45, 7) is 11.9. The summed E-state index contributed by atoms with van der Waals surface area (Å²) in [5.41, 5.74) is 0. The molecule has 12 heavy (non-hydrogen) atoms. The van der Waals surface area contributed by atoms with Crippen LogP contribution in [-0.2, 0) is 37.5 Å². The van der Waals surface area contributed by atoms with Crippen molar-refractivity contribution in [3.63, 3.8) is 0 Å². The first-order valence-corrected chi connectivity index (χ1v) is 3.53. The Bertz CT molecular complexity index is 87.8. The third kappa shape index (κ3) is 46.7. The van der Waals surface area contributed by atoms with Crippen molar-refractivity contribution in [2.24, 2.45) is 0 Å². The second kappa shape index (κ2) is 22.5. The minimum atomic E-state index is -0.0926. The molecule has 1 radical (unpaired) electrons. The summed E-state index contributed by atoms with van der Waals surface area (Å²) < 4.78 is 0. The fraction of sp³-hybridized carbons (Fsp3) is 0.600. The molecular weight excluding hydrogens is 225 g/mol. The van der Waals surface area contributed by atoms with Crippen molar-refractivity contribution >= 4 is 5.78 Å². The van der Waals surface area contributed by atoms with Gasteiger partial charge in [0.05, 0.1) is 0 Å². The van der Waals surface area contributed by atoms with Crippen LogP contribution in [0.4, 0.5) is 0 Å². The van der Waals surface area contributed by atoms with E-state index in [0.29, 0.717) is 0 Å². The normalized spacial score (nSPS) is 6.25. The quantitative estimate of drug-likeness (QED) is 0.551. The average Bonchev–Trinajstić information content (AvgIpc) is 1.91. The summed E-state index contributed by atoms with van der Waals surface area (Å²) in [4.78, 5) is 9.63. The maximum Gasteiger partial charge on any atom is 0 e. The van der Waals surface area contributed by atoms with Crippen LogP contribution in [0, 0.1) is 13.5 Å². The Morgan fingerprint density at radius 1 is 1.58 bits per heavy atom. The summed E-state index contributed by atoms with van der Waals surface area (Å²) in [6, 6.07) is 0. The second-order valence-corrected chi connectivity index (χ2v) is 1.98.